The Balaban J connectivity index is 2.60. The number of hydrogen-bond donors (Lipinski definition) is 2. The van der Waals surface area contributed by atoms with Crippen molar-refractivity contribution in [2.75, 3.05) is 30.5 Å². The summed E-state index contributed by atoms with van der Waals surface area (Å²) in [7, 11) is 1.76. The first-order valence-electron chi connectivity index (χ1n) is 7.65. The van der Waals surface area contributed by atoms with Crippen molar-refractivity contribution in [2.24, 2.45) is 7.05 Å². The van der Waals surface area contributed by atoms with E-state index < -0.39 is 5.97 Å². The van der Waals surface area contributed by atoms with Gasteiger partial charge in [0.05, 0.1) is 17.7 Å². The average molecular weight is 337 g/mol. The third kappa shape index (κ3) is 3.36. The van der Waals surface area contributed by atoms with Gasteiger partial charge >= 0.3 is 5.97 Å². The standard InChI is InChI=1S/C15H23N5O2S/c1-5-7-8-17-12-9-10(16)11(14(21)22-6-2)20(3)13(9)19-15(18-12)23-4/h5-8,16H2,1-4H3,(H,17,18,19). The Kier molecular flexibility index (Phi) is 5.70. The van der Waals surface area contributed by atoms with E-state index in [1.807, 2.05) is 6.26 Å². The fourth-order valence-corrected chi connectivity index (χ4v) is 2.73. The molecule has 3 N–H and O–H groups in total. The summed E-state index contributed by atoms with van der Waals surface area (Å²) in [6.45, 7) is 4.98. The first-order valence-corrected chi connectivity index (χ1v) is 8.88. The third-order valence-corrected chi connectivity index (χ3v) is 4.07. The summed E-state index contributed by atoms with van der Waals surface area (Å²) in [5, 5.41) is 4.61. The zero-order valence-corrected chi connectivity index (χ0v) is 14.8. The molecule has 0 radical (unpaired) electrons. The molecule has 8 heteroatoms. The number of ether oxygens (including phenoxy) is 1. The topological polar surface area (TPSA) is 95.1 Å². The Labute approximate surface area is 140 Å². The summed E-state index contributed by atoms with van der Waals surface area (Å²) in [6.07, 6.45) is 4.02. The summed E-state index contributed by atoms with van der Waals surface area (Å²) >= 11 is 1.45. The zero-order chi connectivity index (χ0) is 17.0. The highest BCUT2D eigenvalue weighted by Gasteiger charge is 2.24. The van der Waals surface area contributed by atoms with Gasteiger partial charge in [-0.1, -0.05) is 25.1 Å². The molecule has 0 fully saturated rings. The predicted molar refractivity (Wildman–Crippen MR) is 94.1 cm³/mol. The molecule has 0 aliphatic heterocycles. The van der Waals surface area contributed by atoms with Gasteiger partial charge in [-0.05, 0) is 19.6 Å². The molecule has 0 saturated heterocycles. The smallest absolute Gasteiger partial charge is 0.357 e. The molecular formula is C15H23N5O2S. The molecule has 2 heterocycles. The average Bonchev–Trinajstić information content (AvgIpc) is 2.79. The van der Waals surface area contributed by atoms with E-state index in [2.05, 4.69) is 22.2 Å². The minimum atomic E-state index is -0.448. The van der Waals surface area contributed by atoms with Gasteiger partial charge in [-0.15, -0.1) is 0 Å². The molecule has 2 aromatic heterocycles. The molecule has 0 saturated carbocycles. The number of rotatable bonds is 7. The lowest BCUT2D eigenvalue weighted by molar-refractivity contribution is 0.0517. The predicted octanol–water partition coefficient (Wildman–Crippen LogP) is 2.66. The minimum Gasteiger partial charge on any atom is -0.461 e. The van der Waals surface area contributed by atoms with Gasteiger partial charge in [0.1, 0.15) is 11.5 Å². The van der Waals surface area contributed by atoms with Crippen molar-refractivity contribution in [3.8, 4) is 0 Å². The number of fused-ring (bicyclic) bond motifs is 1. The number of unbranched alkanes of at least 4 members (excludes halogenated alkanes) is 1. The molecule has 0 aromatic carbocycles. The summed E-state index contributed by atoms with van der Waals surface area (Å²) in [6, 6.07) is 0. The van der Waals surface area contributed by atoms with Gasteiger partial charge in [0.25, 0.3) is 0 Å². The minimum absolute atomic E-state index is 0.295. The van der Waals surface area contributed by atoms with Gasteiger partial charge in [-0.25, -0.2) is 14.8 Å². The second kappa shape index (κ2) is 7.54. The van der Waals surface area contributed by atoms with Gasteiger partial charge < -0.3 is 20.4 Å². The number of aromatic nitrogens is 3. The molecule has 0 spiro atoms. The van der Waals surface area contributed by atoms with Crippen molar-refractivity contribution in [1.29, 1.82) is 0 Å². The highest BCUT2D eigenvalue weighted by molar-refractivity contribution is 7.98. The van der Waals surface area contributed by atoms with E-state index >= 15 is 0 Å². The Hall–Kier alpha value is -1.96. The normalized spacial score (nSPS) is 11.0. The van der Waals surface area contributed by atoms with E-state index in [0.29, 0.717) is 40.0 Å². The number of thioether (sulfide) groups is 1. The molecule has 0 unspecified atom stereocenters. The van der Waals surface area contributed by atoms with Gasteiger partial charge in [-0.3, -0.25) is 0 Å². The number of carbonyl (C=O) groups is 1. The van der Waals surface area contributed by atoms with Crippen molar-refractivity contribution >= 4 is 40.3 Å². The molecule has 0 atom stereocenters. The summed E-state index contributed by atoms with van der Waals surface area (Å²) in [5.41, 5.74) is 7.51. The molecule has 7 nitrogen and oxygen atoms in total. The Morgan fingerprint density at radius 3 is 2.74 bits per heavy atom. The second-order valence-electron chi connectivity index (χ2n) is 5.08. The number of aryl methyl sites for hydroxylation is 1. The van der Waals surface area contributed by atoms with Crippen molar-refractivity contribution in [1.82, 2.24) is 14.5 Å². The third-order valence-electron chi connectivity index (χ3n) is 3.52. The lowest BCUT2D eigenvalue weighted by Gasteiger charge is -2.08. The summed E-state index contributed by atoms with van der Waals surface area (Å²) in [4.78, 5) is 21.2. The van der Waals surface area contributed by atoms with Gasteiger partial charge in [0.2, 0.25) is 0 Å². The number of nitrogens with one attached hydrogen (secondary N) is 1. The molecule has 0 aliphatic rings. The highest BCUT2D eigenvalue weighted by Crippen LogP contribution is 2.33. The number of hydrogen-bond acceptors (Lipinski definition) is 7. The van der Waals surface area contributed by atoms with Crippen molar-refractivity contribution in [3.05, 3.63) is 5.69 Å². The molecule has 2 rings (SSSR count). The molecule has 2 aromatic rings. The van der Waals surface area contributed by atoms with Crippen molar-refractivity contribution < 1.29 is 9.53 Å². The molecular weight excluding hydrogens is 314 g/mol. The van der Waals surface area contributed by atoms with Crippen molar-refractivity contribution in [3.63, 3.8) is 0 Å². The van der Waals surface area contributed by atoms with E-state index in [1.165, 1.54) is 11.8 Å². The van der Waals surface area contributed by atoms with Crippen LogP contribution in [0.5, 0.6) is 0 Å². The maximum atomic E-state index is 12.2. The van der Waals surface area contributed by atoms with E-state index in [0.717, 1.165) is 19.4 Å². The summed E-state index contributed by atoms with van der Waals surface area (Å²) in [5.74, 6) is 0.215. The molecule has 0 bridgehead atoms. The maximum Gasteiger partial charge on any atom is 0.357 e. The summed E-state index contributed by atoms with van der Waals surface area (Å²) < 4.78 is 6.78. The van der Waals surface area contributed by atoms with Crippen LogP contribution in [0.25, 0.3) is 11.0 Å². The highest BCUT2D eigenvalue weighted by atomic mass is 32.2. The lowest BCUT2D eigenvalue weighted by atomic mass is 10.2. The van der Waals surface area contributed by atoms with Crippen LogP contribution in [0.2, 0.25) is 0 Å². The Morgan fingerprint density at radius 2 is 2.13 bits per heavy atom. The fraction of sp³-hybridized carbons (Fsp3) is 0.533. The van der Waals surface area contributed by atoms with Gasteiger partial charge in [0, 0.05) is 13.6 Å². The first kappa shape index (κ1) is 17.4. The molecule has 126 valence electrons. The van der Waals surface area contributed by atoms with E-state index in [4.69, 9.17) is 10.5 Å². The van der Waals surface area contributed by atoms with Crippen LogP contribution in [0.1, 0.15) is 37.2 Å². The molecule has 23 heavy (non-hydrogen) atoms. The van der Waals surface area contributed by atoms with Gasteiger partial charge in [0.15, 0.2) is 10.9 Å². The number of carbonyl (C=O) groups excluding carboxylic acids is 1. The SMILES string of the molecule is CCCCNc1nc(SC)nc2c1c(N)c(C(=O)OCC)n2C. The number of esters is 1. The van der Waals surface area contributed by atoms with Crippen LogP contribution in [-0.4, -0.2) is 39.9 Å². The number of anilines is 2. The van der Waals surface area contributed by atoms with Crippen LogP contribution in [0, 0.1) is 0 Å². The molecule has 0 amide bonds. The van der Waals surface area contributed by atoms with Crippen LogP contribution < -0.4 is 11.1 Å². The quantitative estimate of drug-likeness (QED) is 0.347. The monoisotopic (exact) mass is 337 g/mol. The molecule has 0 aliphatic carbocycles. The van der Waals surface area contributed by atoms with Crippen LogP contribution >= 0.6 is 11.8 Å². The zero-order valence-electron chi connectivity index (χ0n) is 14.0. The van der Waals surface area contributed by atoms with Crippen molar-refractivity contribution in [2.45, 2.75) is 31.8 Å². The van der Waals surface area contributed by atoms with E-state index in [9.17, 15) is 4.79 Å². The van der Waals surface area contributed by atoms with E-state index in [1.54, 1.807) is 18.5 Å². The van der Waals surface area contributed by atoms with Crippen LogP contribution in [-0.2, 0) is 11.8 Å². The van der Waals surface area contributed by atoms with Crippen LogP contribution in [0.3, 0.4) is 0 Å². The number of nitrogens with two attached hydrogens (primary N) is 1. The van der Waals surface area contributed by atoms with Gasteiger partial charge in [-0.2, -0.15) is 0 Å². The van der Waals surface area contributed by atoms with E-state index in [-0.39, 0.29) is 0 Å². The lowest BCUT2D eigenvalue weighted by Crippen LogP contribution is -2.12. The van der Waals surface area contributed by atoms with Crippen LogP contribution in [0.15, 0.2) is 5.16 Å². The Bertz CT molecular complexity index is 714. The number of nitrogens with zero attached hydrogens (tertiary/aromatic N) is 3. The Morgan fingerprint density at radius 1 is 1.39 bits per heavy atom. The van der Waals surface area contributed by atoms with Crippen LogP contribution in [0.4, 0.5) is 11.5 Å². The maximum absolute atomic E-state index is 12.2. The first-order chi connectivity index (χ1) is 11.0. The fourth-order valence-electron chi connectivity index (χ4n) is 2.37. The number of nitrogen functional groups attached to an aromatic ring is 1. The second-order valence-corrected chi connectivity index (χ2v) is 5.85. The largest absolute Gasteiger partial charge is 0.461 e.